The van der Waals surface area contributed by atoms with Gasteiger partial charge in [-0.15, -0.1) is 0 Å². The van der Waals surface area contributed by atoms with Crippen LogP contribution in [0.2, 0.25) is 0 Å². The average Bonchev–Trinajstić information content (AvgIpc) is 3.03. The van der Waals surface area contributed by atoms with Crippen molar-refractivity contribution in [2.24, 2.45) is 11.7 Å². The minimum Gasteiger partial charge on any atom is -0.491 e. The van der Waals surface area contributed by atoms with Crippen LogP contribution in [0, 0.1) is 24.2 Å². The number of likely N-dealkylation sites (tertiary alicyclic amines) is 1. The van der Waals surface area contributed by atoms with E-state index in [2.05, 4.69) is 33.8 Å². The summed E-state index contributed by atoms with van der Waals surface area (Å²) in [6.45, 7) is 4.78. The van der Waals surface area contributed by atoms with Crippen molar-refractivity contribution in [1.82, 2.24) is 14.8 Å². The Kier molecular flexibility index (Phi) is 5.23. The predicted octanol–water partition coefficient (Wildman–Crippen LogP) is 2.69. The van der Waals surface area contributed by atoms with E-state index >= 15 is 0 Å². The van der Waals surface area contributed by atoms with Gasteiger partial charge in [-0.25, -0.2) is 9.78 Å². The zero-order valence-electron chi connectivity index (χ0n) is 18.1. The first-order valence-corrected chi connectivity index (χ1v) is 11.0. The van der Waals surface area contributed by atoms with Crippen molar-refractivity contribution < 1.29 is 9.53 Å². The van der Waals surface area contributed by atoms with Gasteiger partial charge < -0.3 is 25.2 Å². The summed E-state index contributed by atoms with van der Waals surface area (Å²) in [5.41, 5.74) is 10.8. The lowest BCUT2D eigenvalue weighted by molar-refractivity contribution is 0.132. The number of ether oxygens (including phenoxy) is 1. The van der Waals surface area contributed by atoms with Crippen LogP contribution in [0.1, 0.15) is 24.0 Å². The Bertz CT molecular complexity index is 1090. The summed E-state index contributed by atoms with van der Waals surface area (Å²) in [6, 6.07) is 8.55. The highest BCUT2D eigenvalue weighted by Gasteiger charge is 2.29. The number of aromatic nitrogens is 1. The smallest absolute Gasteiger partial charge is 0.320 e. The molecule has 4 N–H and O–H groups in total. The van der Waals surface area contributed by atoms with Gasteiger partial charge >= 0.3 is 6.03 Å². The molecule has 1 aromatic heterocycles. The SMILES string of the molecule is Cc1cc(-c2cnc3c(c2)NC(N)N3)cc2c1OCCN(C(=O)N1CCC(C#N)CC1)C2. The van der Waals surface area contributed by atoms with Gasteiger partial charge in [0.05, 0.1) is 24.8 Å². The maximum atomic E-state index is 13.2. The third kappa shape index (κ3) is 3.78. The maximum absolute atomic E-state index is 13.2. The number of hydrogen-bond acceptors (Lipinski definition) is 7. The van der Waals surface area contributed by atoms with E-state index < -0.39 is 0 Å². The highest BCUT2D eigenvalue weighted by atomic mass is 16.5. The molecule has 166 valence electrons. The van der Waals surface area contributed by atoms with Gasteiger partial charge in [0.15, 0.2) is 12.1 Å². The van der Waals surface area contributed by atoms with E-state index in [9.17, 15) is 4.79 Å². The van der Waals surface area contributed by atoms with Crippen molar-refractivity contribution >= 4 is 17.5 Å². The molecule has 9 heteroatoms. The Balaban J connectivity index is 1.39. The van der Waals surface area contributed by atoms with Crippen molar-refractivity contribution in [1.29, 1.82) is 5.26 Å². The van der Waals surface area contributed by atoms with E-state index in [-0.39, 0.29) is 18.2 Å². The third-order valence-corrected chi connectivity index (χ3v) is 6.36. The lowest BCUT2D eigenvalue weighted by Gasteiger charge is -2.33. The van der Waals surface area contributed by atoms with Gasteiger partial charge in [0.1, 0.15) is 12.4 Å². The van der Waals surface area contributed by atoms with E-state index in [1.54, 1.807) is 0 Å². The highest BCUT2D eigenvalue weighted by molar-refractivity contribution is 5.78. The van der Waals surface area contributed by atoms with Crippen molar-refractivity contribution in [3.05, 3.63) is 35.5 Å². The number of carbonyl (C=O) groups excluding carboxylic acids is 1. The number of pyridine rings is 1. The number of aryl methyl sites for hydroxylation is 1. The second-order valence-corrected chi connectivity index (χ2v) is 8.61. The van der Waals surface area contributed by atoms with Crippen LogP contribution < -0.4 is 21.1 Å². The molecule has 5 rings (SSSR count). The first kappa shape index (κ1) is 20.4. The normalized spacial score (nSPS) is 20.2. The zero-order chi connectivity index (χ0) is 22.2. The number of anilines is 2. The van der Waals surface area contributed by atoms with Crippen molar-refractivity contribution in [2.45, 2.75) is 32.6 Å². The number of rotatable bonds is 1. The molecular weight excluding hydrogens is 406 g/mol. The molecule has 0 spiro atoms. The summed E-state index contributed by atoms with van der Waals surface area (Å²) in [5.74, 6) is 1.65. The van der Waals surface area contributed by atoms with Crippen LogP contribution in [0.15, 0.2) is 24.4 Å². The number of amides is 2. The first-order chi connectivity index (χ1) is 15.5. The number of nitrogens with zero attached hydrogens (tertiary/aromatic N) is 4. The number of fused-ring (bicyclic) bond motifs is 2. The summed E-state index contributed by atoms with van der Waals surface area (Å²) in [4.78, 5) is 21.4. The lowest BCUT2D eigenvalue weighted by atomic mass is 9.98. The molecule has 0 saturated carbocycles. The number of piperidine rings is 1. The summed E-state index contributed by atoms with van der Waals surface area (Å²) in [5, 5.41) is 15.4. The molecule has 1 fully saturated rings. The van der Waals surface area contributed by atoms with Gasteiger partial charge in [-0.3, -0.25) is 5.73 Å². The summed E-state index contributed by atoms with van der Waals surface area (Å²) >= 11 is 0. The number of carbonyl (C=O) groups is 1. The van der Waals surface area contributed by atoms with E-state index in [4.69, 9.17) is 15.7 Å². The number of nitrogens with one attached hydrogen (secondary N) is 2. The van der Waals surface area contributed by atoms with Crippen LogP contribution in [0.25, 0.3) is 11.1 Å². The fourth-order valence-electron chi connectivity index (χ4n) is 4.64. The number of benzene rings is 1. The maximum Gasteiger partial charge on any atom is 0.320 e. The van der Waals surface area contributed by atoms with Crippen molar-refractivity contribution in [3.8, 4) is 22.9 Å². The third-order valence-electron chi connectivity index (χ3n) is 6.36. The summed E-state index contributed by atoms with van der Waals surface area (Å²) in [6.07, 6.45) is 2.97. The van der Waals surface area contributed by atoms with Crippen LogP contribution in [0.5, 0.6) is 5.75 Å². The molecule has 1 aromatic carbocycles. The Labute approximate surface area is 187 Å². The topological polar surface area (TPSA) is 120 Å². The predicted molar refractivity (Wildman–Crippen MR) is 121 cm³/mol. The van der Waals surface area contributed by atoms with Crippen molar-refractivity contribution in [2.75, 3.05) is 36.9 Å². The van der Waals surface area contributed by atoms with E-state index in [1.807, 2.05) is 29.0 Å². The van der Waals surface area contributed by atoms with E-state index in [0.29, 0.717) is 32.8 Å². The number of hydrogen-bond donors (Lipinski definition) is 3. The van der Waals surface area contributed by atoms with Gasteiger partial charge in [-0.2, -0.15) is 5.26 Å². The van der Waals surface area contributed by atoms with E-state index in [1.165, 1.54) is 0 Å². The Morgan fingerprint density at radius 2 is 2.00 bits per heavy atom. The zero-order valence-corrected chi connectivity index (χ0v) is 18.1. The number of nitriles is 1. The second kappa shape index (κ2) is 8.20. The van der Waals surface area contributed by atoms with E-state index in [0.717, 1.165) is 52.4 Å². The standard InChI is InChI=1S/C23H27N7O2/c1-14-8-16(17-10-19-21(26-12-17)28-22(25)27-19)9-18-13-30(6-7-32-20(14)18)23(31)29-4-2-15(11-24)3-5-29/h8-10,12,15,22,27H,2-7,13,25H2,1H3,(H,26,28). The molecule has 2 aromatic rings. The first-order valence-electron chi connectivity index (χ1n) is 11.0. The van der Waals surface area contributed by atoms with Crippen LogP contribution >= 0.6 is 0 Å². The molecule has 0 radical (unpaired) electrons. The summed E-state index contributed by atoms with van der Waals surface area (Å²) < 4.78 is 6.05. The summed E-state index contributed by atoms with van der Waals surface area (Å²) in [7, 11) is 0. The Morgan fingerprint density at radius 1 is 1.19 bits per heavy atom. The highest BCUT2D eigenvalue weighted by Crippen LogP contribution is 2.36. The minimum atomic E-state index is -0.340. The number of urea groups is 1. The average molecular weight is 434 g/mol. The van der Waals surface area contributed by atoms with Gasteiger partial charge in [0, 0.05) is 36.3 Å². The lowest BCUT2D eigenvalue weighted by Crippen LogP contribution is -2.46. The molecule has 32 heavy (non-hydrogen) atoms. The van der Waals surface area contributed by atoms with Crippen molar-refractivity contribution in [3.63, 3.8) is 0 Å². The molecule has 0 bridgehead atoms. The fourth-order valence-corrected chi connectivity index (χ4v) is 4.64. The van der Waals surface area contributed by atoms with Crippen LogP contribution in [0.4, 0.5) is 16.3 Å². The monoisotopic (exact) mass is 433 g/mol. The van der Waals surface area contributed by atoms with Gasteiger partial charge in [0.2, 0.25) is 0 Å². The molecule has 3 aliphatic rings. The fraction of sp³-hybridized carbons (Fsp3) is 0.435. The quantitative estimate of drug-likeness (QED) is 0.632. The van der Waals surface area contributed by atoms with Crippen LogP contribution in [-0.4, -0.2) is 53.3 Å². The Morgan fingerprint density at radius 3 is 2.78 bits per heavy atom. The molecule has 4 heterocycles. The van der Waals surface area contributed by atoms with Crippen LogP contribution in [0.3, 0.4) is 0 Å². The minimum absolute atomic E-state index is 0.0179. The molecule has 9 nitrogen and oxygen atoms in total. The Hall–Kier alpha value is -3.51. The largest absolute Gasteiger partial charge is 0.491 e. The molecule has 1 atom stereocenters. The van der Waals surface area contributed by atoms with Crippen LogP contribution in [-0.2, 0) is 6.54 Å². The second-order valence-electron chi connectivity index (χ2n) is 8.61. The molecule has 1 unspecified atom stereocenters. The molecular formula is C23H27N7O2. The molecule has 3 aliphatic heterocycles. The van der Waals surface area contributed by atoms with Gasteiger partial charge in [0.25, 0.3) is 0 Å². The molecule has 0 aliphatic carbocycles. The van der Waals surface area contributed by atoms with Gasteiger partial charge in [-0.1, -0.05) is 0 Å². The van der Waals surface area contributed by atoms with Gasteiger partial charge in [-0.05, 0) is 49.1 Å². The number of nitrogens with two attached hydrogens (primary N) is 1. The molecule has 1 saturated heterocycles. The molecule has 2 amide bonds.